The maximum absolute atomic E-state index is 12.0. The number of anilines is 1. The number of hydrogen-bond donors (Lipinski definition) is 1. The average molecular weight is 251 g/mol. The second-order valence-electron chi connectivity index (χ2n) is 4.01. The summed E-state index contributed by atoms with van der Waals surface area (Å²) >= 11 is 1.20. The molecule has 0 unspecified atom stereocenters. The van der Waals surface area contributed by atoms with Crippen molar-refractivity contribution in [2.75, 3.05) is 5.73 Å². The van der Waals surface area contributed by atoms with Crippen molar-refractivity contribution in [2.24, 2.45) is 7.05 Å². The summed E-state index contributed by atoms with van der Waals surface area (Å²) < 4.78 is 1.32. The molecule has 7 heteroatoms. The third-order valence-electron chi connectivity index (χ3n) is 2.34. The maximum atomic E-state index is 12.0. The predicted octanol–water partition coefficient (Wildman–Crippen LogP) is 1.00. The van der Waals surface area contributed by atoms with Crippen LogP contribution in [0.5, 0.6) is 0 Å². The summed E-state index contributed by atoms with van der Waals surface area (Å²) in [5.74, 6) is 0.241. The lowest BCUT2D eigenvalue weighted by atomic mass is 10.1. The molecule has 0 aliphatic heterocycles. The van der Waals surface area contributed by atoms with Crippen LogP contribution in [-0.4, -0.2) is 20.0 Å². The molecule has 0 amide bonds. The van der Waals surface area contributed by atoms with Gasteiger partial charge in [0, 0.05) is 7.05 Å². The van der Waals surface area contributed by atoms with Gasteiger partial charge in [0.2, 0.25) is 5.13 Å². The van der Waals surface area contributed by atoms with Gasteiger partial charge >= 0.3 is 0 Å². The zero-order chi connectivity index (χ0) is 12.6. The Labute approximate surface area is 102 Å². The van der Waals surface area contributed by atoms with Crippen LogP contribution in [0, 0.1) is 0 Å². The van der Waals surface area contributed by atoms with E-state index >= 15 is 0 Å². The van der Waals surface area contributed by atoms with E-state index in [2.05, 4.69) is 15.3 Å². The number of nitrogen functional groups attached to an aromatic ring is 1. The fraction of sp³-hybridized carbons (Fsp3) is 0.400. The topological polar surface area (TPSA) is 86.7 Å². The number of aryl methyl sites for hydroxylation is 1. The lowest BCUT2D eigenvalue weighted by molar-refractivity contribution is 0.655. The Hall–Kier alpha value is -1.76. The van der Waals surface area contributed by atoms with Crippen LogP contribution in [0.4, 0.5) is 5.13 Å². The maximum Gasteiger partial charge on any atom is 0.276 e. The van der Waals surface area contributed by atoms with Crippen LogP contribution in [0.3, 0.4) is 0 Å². The molecule has 0 radical (unpaired) electrons. The van der Waals surface area contributed by atoms with Gasteiger partial charge < -0.3 is 5.73 Å². The van der Waals surface area contributed by atoms with Gasteiger partial charge in [0.25, 0.3) is 5.56 Å². The van der Waals surface area contributed by atoms with Crippen LogP contribution in [0.15, 0.2) is 10.9 Å². The summed E-state index contributed by atoms with van der Waals surface area (Å²) in [5, 5.41) is 12.7. The molecule has 0 aromatic carbocycles. The van der Waals surface area contributed by atoms with Crippen LogP contribution in [0.25, 0.3) is 10.6 Å². The van der Waals surface area contributed by atoms with Crippen LogP contribution in [0.2, 0.25) is 0 Å². The number of rotatable bonds is 2. The molecule has 0 bridgehead atoms. The molecule has 90 valence electrons. The highest BCUT2D eigenvalue weighted by Gasteiger charge is 2.14. The molecule has 0 aliphatic carbocycles. The Kier molecular flexibility index (Phi) is 2.93. The monoisotopic (exact) mass is 251 g/mol. The Morgan fingerprint density at radius 2 is 2.12 bits per heavy atom. The van der Waals surface area contributed by atoms with Gasteiger partial charge in [-0.25, -0.2) is 4.68 Å². The molecule has 2 rings (SSSR count). The minimum Gasteiger partial charge on any atom is -0.374 e. The van der Waals surface area contributed by atoms with Crippen molar-refractivity contribution >= 4 is 16.5 Å². The Morgan fingerprint density at radius 3 is 2.65 bits per heavy atom. The lowest BCUT2D eigenvalue weighted by Gasteiger charge is -2.07. The van der Waals surface area contributed by atoms with E-state index < -0.39 is 0 Å². The molecule has 0 spiro atoms. The van der Waals surface area contributed by atoms with E-state index in [4.69, 9.17) is 5.73 Å². The zero-order valence-electron chi connectivity index (χ0n) is 9.84. The highest BCUT2D eigenvalue weighted by molar-refractivity contribution is 7.18. The average Bonchev–Trinajstić information content (AvgIpc) is 2.68. The van der Waals surface area contributed by atoms with Crippen LogP contribution < -0.4 is 11.3 Å². The molecule has 2 N–H and O–H groups in total. The summed E-state index contributed by atoms with van der Waals surface area (Å²) in [6.07, 6.45) is 0. The summed E-state index contributed by atoms with van der Waals surface area (Å²) in [4.78, 5) is 12.0. The molecular weight excluding hydrogens is 238 g/mol. The van der Waals surface area contributed by atoms with Crippen molar-refractivity contribution in [3.05, 3.63) is 22.1 Å². The van der Waals surface area contributed by atoms with Gasteiger partial charge in [0.15, 0.2) is 5.01 Å². The first-order valence-corrected chi connectivity index (χ1v) is 5.98. The third-order valence-corrected chi connectivity index (χ3v) is 3.13. The first kappa shape index (κ1) is 11.7. The lowest BCUT2D eigenvalue weighted by Crippen LogP contribution is -2.23. The number of nitrogens with zero attached hydrogens (tertiary/aromatic N) is 4. The van der Waals surface area contributed by atoms with Crippen molar-refractivity contribution in [2.45, 2.75) is 19.8 Å². The van der Waals surface area contributed by atoms with Crippen molar-refractivity contribution in [1.82, 2.24) is 20.0 Å². The van der Waals surface area contributed by atoms with E-state index in [-0.39, 0.29) is 11.5 Å². The van der Waals surface area contributed by atoms with Crippen molar-refractivity contribution in [3.63, 3.8) is 0 Å². The number of hydrogen-bond acceptors (Lipinski definition) is 6. The quantitative estimate of drug-likeness (QED) is 0.860. The second-order valence-corrected chi connectivity index (χ2v) is 5.02. The van der Waals surface area contributed by atoms with Crippen LogP contribution in [-0.2, 0) is 7.05 Å². The van der Waals surface area contributed by atoms with Crippen molar-refractivity contribution in [3.8, 4) is 10.6 Å². The minimum atomic E-state index is -0.189. The van der Waals surface area contributed by atoms with E-state index in [0.717, 1.165) is 5.69 Å². The first-order valence-electron chi connectivity index (χ1n) is 5.16. The highest BCUT2D eigenvalue weighted by Crippen LogP contribution is 2.23. The molecular formula is C10H13N5OS. The molecule has 0 aliphatic rings. The first-order chi connectivity index (χ1) is 7.99. The fourth-order valence-electron chi connectivity index (χ4n) is 1.41. The van der Waals surface area contributed by atoms with Gasteiger partial charge in [-0.3, -0.25) is 4.79 Å². The van der Waals surface area contributed by atoms with E-state index in [1.807, 2.05) is 13.8 Å². The van der Waals surface area contributed by atoms with E-state index in [0.29, 0.717) is 15.7 Å². The zero-order valence-corrected chi connectivity index (χ0v) is 10.7. The second kappa shape index (κ2) is 4.25. The summed E-state index contributed by atoms with van der Waals surface area (Å²) in [6, 6.07) is 1.76. The Bertz CT molecular complexity index is 601. The SMILES string of the molecule is CC(C)c1cc(-c2nnc(N)s2)c(=O)n(C)n1. The Balaban J connectivity index is 2.64. The smallest absolute Gasteiger partial charge is 0.276 e. The van der Waals surface area contributed by atoms with Gasteiger partial charge in [0.05, 0.1) is 11.3 Å². The van der Waals surface area contributed by atoms with Crippen LogP contribution in [0.1, 0.15) is 25.5 Å². The number of aromatic nitrogens is 4. The predicted molar refractivity (Wildman–Crippen MR) is 66.9 cm³/mol. The largest absolute Gasteiger partial charge is 0.374 e. The summed E-state index contributed by atoms with van der Waals surface area (Å²) in [5.41, 5.74) is 6.68. The normalized spacial score (nSPS) is 11.1. The van der Waals surface area contributed by atoms with Crippen molar-refractivity contribution in [1.29, 1.82) is 0 Å². The van der Waals surface area contributed by atoms with E-state index in [1.54, 1.807) is 13.1 Å². The number of nitrogens with two attached hydrogens (primary N) is 1. The van der Waals surface area contributed by atoms with Gasteiger partial charge in [-0.1, -0.05) is 25.2 Å². The summed E-state index contributed by atoms with van der Waals surface area (Å²) in [7, 11) is 1.63. The molecule has 2 heterocycles. The molecule has 2 aromatic heterocycles. The van der Waals surface area contributed by atoms with Gasteiger partial charge in [0.1, 0.15) is 0 Å². The molecule has 17 heavy (non-hydrogen) atoms. The van der Waals surface area contributed by atoms with Crippen molar-refractivity contribution < 1.29 is 0 Å². The Morgan fingerprint density at radius 1 is 1.41 bits per heavy atom. The summed E-state index contributed by atoms with van der Waals surface area (Å²) in [6.45, 7) is 4.04. The van der Waals surface area contributed by atoms with Crippen LogP contribution >= 0.6 is 11.3 Å². The van der Waals surface area contributed by atoms with Gasteiger partial charge in [-0.2, -0.15) is 5.10 Å². The molecule has 2 aromatic rings. The molecule has 0 saturated carbocycles. The minimum absolute atomic E-state index is 0.189. The fourth-order valence-corrected chi connectivity index (χ4v) is 2.03. The van der Waals surface area contributed by atoms with E-state index in [9.17, 15) is 4.79 Å². The van der Waals surface area contributed by atoms with E-state index in [1.165, 1.54) is 16.0 Å². The third kappa shape index (κ3) is 2.19. The standard InChI is InChI=1S/C10H13N5OS/c1-5(2)7-4-6(9(16)15(3)14-7)8-12-13-10(11)17-8/h4-5H,1-3H3,(H2,11,13). The van der Waals surface area contributed by atoms with Gasteiger partial charge in [-0.05, 0) is 12.0 Å². The molecule has 6 nitrogen and oxygen atoms in total. The molecule has 0 atom stereocenters. The molecule has 0 fully saturated rings. The van der Waals surface area contributed by atoms with Gasteiger partial charge in [-0.15, -0.1) is 10.2 Å². The molecule has 0 saturated heterocycles. The highest BCUT2D eigenvalue weighted by atomic mass is 32.1.